The maximum absolute atomic E-state index is 12.1. The van der Waals surface area contributed by atoms with Crippen molar-refractivity contribution in [1.82, 2.24) is 5.32 Å². The van der Waals surface area contributed by atoms with Gasteiger partial charge in [-0.1, -0.05) is 47.5 Å². The molecule has 0 aliphatic rings. The standard InChI is InChI=1S/C20H25NOS/c1-15-6-10-18(11-7-15)5-4-14-21-20(22)17(3)23-19-12-8-16(2)9-13-19/h6-13,17H,4-5,14H2,1-3H3,(H,21,22)/t17-/m1/s1. The summed E-state index contributed by atoms with van der Waals surface area (Å²) in [7, 11) is 0. The van der Waals surface area contributed by atoms with Gasteiger partial charge in [0.15, 0.2) is 0 Å². The van der Waals surface area contributed by atoms with Gasteiger partial charge in [0.25, 0.3) is 0 Å². The van der Waals surface area contributed by atoms with E-state index in [0.717, 1.165) is 24.3 Å². The molecule has 0 aliphatic carbocycles. The van der Waals surface area contributed by atoms with Crippen molar-refractivity contribution < 1.29 is 4.79 Å². The molecule has 0 aromatic heterocycles. The average molecular weight is 327 g/mol. The summed E-state index contributed by atoms with van der Waals surface area (Å²) in [5, 5.41) is 2.96. The van der Waals surface area contributed by atoms with E-state index in [1.807, 2.05) is 6.92 Å². The zero-order chi connectivity index (χ0) is 16.7. The number of hydrogen-bond donors (Lipinski definition) is 1. The molecule has 3 heteroatoms. The summed E-state index contributed by atoms with van der Waals surface area (Å²) in [6.45, 7) is 6.85. The minimum atomic E-state index is -0.0721. The summed E-state index contributed by atoms with van der Waals surface area (Å²) in [5.41, 5.74) is 3.85. The molecule has 0 unspecified atom stereocenters. The zero-order valence-electron chi connectivity index (χ0n) is 14.1. The highest BCUT2D eigenvalue weighted by atomic mass is 32.2. The van der Waals surface area contributed by atoms with Crippen LogP contribution in [0.2, 0.25) is 0 Å². The Balaban J connectivity index is 1.69. The van der Waals surface area contributed by atoms with Crippen LogP contribution in [0.3, 0.4) is 0 Å². The maximum atomic E-state index is 12.1. The third kappa shape index (κ3) is 6.11. The van der Waals surface area contributed by atoms with Gasteiger partial charge in [0, 0.05) is 11.4 Å². The first kappa shape index (κ1) is 17.6. The van der Waals surface area contributed by atoms with Crippen LogP contribution >= 0.6 is 11.8 Å². The fourth-order valence-corrected chi connectivity index (χ4v) is 3.17. The Labute approximate surface area is 143 Å². The molecule has 1 N–H and O–H groups in total. The second-order valence-electron chi connectivity index (χ2n) is 5.95. The Morgan fingerprint density at radius 3 is 2.17 bits per heavy atom. The smallest absolute Gasteiger partial charge is 0.233 e. The maximum Gasteiger partial charge on any atom is 0.233 e. The van der Waals surface area contributed by atoms with Gasteiger partial charge in [0.05, 0.1) is 5.25 Å². The fourth-order valence-electron chi connectivity index (χ4n) is 2.28. The molecular formula is C20H25NOS. The van der Waals surface area contributed by atoms with E-state index < -0.39 is 0 Å². The minimum absolute atomic E-state index is 0.0721. The normalized spacial score (nSPS) is 12.0. The number of benzene rings is 2. The molecule has 2 aromatic carbocycles. The third-order valence-electron chi connectivity index (χ3n) is 3.77. The highest BCUT2D eigenvalue weighted by Gasteiger charge is 2.13. The molecule has 0 heterocycles. The molecule has 2 rings (SSSR count). The second kappa shape index (κ2) is 8.78. The van der Waals surface area contributed by atoms with E-state index in [9.17, 15) is 4.79 Å². The highest BCUT2D eigenvalue weighted by molar-refractivity contribution is 8.00. The van der Waals surface area contributed by atoms with Gasteiger partial charge in [-0.3, -0.25) is 4.79 Å². The van der Waals surface area contributed by atoms with Crippen molar-refractivity contribution in [3.63, 3.8) is 0 Å². The van der Waals surface area contributed by atoms with Crippen molar-refractivity contribution in [3.8, 4) is 0 Å². The van der Waals surface area contributed by atoms with Gasteiger partial charge in [-0.25, -0.2) is 0 Å². The number of nitrogens with one attached hydrogen (secondary N) is 1. The monoisotopic (exact) mass is 327 g/mol. The largest absolute Gasteiger partial charge is 0.355 e. The van der Waals surface area contributed by atoms with E-state index in [1.54, 1.807) is 11.8 Å². The van der Waals surface area contributed by atoms with Gasteiger partial charge in [-0.2, -0.15) is 0 Å². The Kier molecular flexibility index (Phi) is 6.72. The molecule has 1 amide bonds. The first-order chi connectivity index (χ1) is 11.0. The lowest BCUT2D eigenvalue weighted by molar-refractivity contribution is -0.120. The minimum Gasteiger partial charge on any atom is -0.355 e. The van der Waals surface area contributed by atoms with E-state index in [2.05, 4.69) is 67.7 Å². The van der Waals surface area contributed by atoms with Gasteiger partial charge < -0.3 is 5.32 Å². The van der Waals surface area contributed by atoms with Crippen molar-refractivity contribution >= 4 is 17.7 Å². The summed E-state index contributed by atoms with van der Waals surface area (Å²) >= 11 is 1.60. The van der Waals surface area contributed by atoms with Crippen molar-refractivity contribution in [1.29, 1.82) is 0 Å². The van der Waals surface area contributed by atoms with E-state index >= 15 is 0 Å². The number of amides is 1. The van der Waals surface area contributed by atoms with Crippen molar-refractivity contribution in [2.75, 3.05) is 6.54 Å². The van der Waals surface area contributed by atoms with Gasteiger partial charge in [-0.15, -0.1) is 11.8 Å². The summed E-state index contributed by atoms with van der Waals surface area (Å²) < 4.78 is 0. The molecule has 0 saturated heterocycles. The number of rotatable bonds is 7. The molecule has 0 fully saturated rings. The quantitative estimate of drug-likeness (QED) is 0.598. The summed E-state index contributed by atoms with van der Waals surface area (Å²) in [5.74, 6) is 0.111. The van der Waals surface area contributed by atoms with Crippen LogP contribution in [-0.2, 0) is 11.2 Å². The number of carbonyl (C=O) groups is 1. The molecule has 0 bridgehead atoms. The summed E-state index contributed by atoms with van der Waals surface area (Å²) in [6, 6.07) is 16.9. The molecule has 2 nitrogen and oxygen atoms in total. The fraction of sp³-hybridized carbons (Fsp3) is 0.350. The van der Waals surface area contributed by atoms with Crippen LogP contribution in [0.5, 0.6) is 0 Å². The number of thioether (sulfide) groups is 1. The predicted molar refractivity (Wildman–Crippen MR) is 99.0 cm³/mol. The third-order valence-corrected chi connectivity index (χ3v) is 4.88. The molecule has 0 saturated carbocycles. The van der Waals surface area contributed by atoms with Crippen molar-refractivity contribution in [2.45, 2.75) is 43.8 Å². The van der Waals surface area contributed by atoms with Gasteiger partial charge in [0.1, 0.15) is 0 Å². The lowest BCUT2D eigenvalue weighted by Gasteiger charge is -2.12. The first-order valence-electron chi connectivity index (χ1n) is 8.11. The van der Waals surface area contributed by atoms with Crippen molar-refractivity contribution in [2.24, 2.45) is 0 Å². The van der Waals surface area contributed by atoms with Crippen LogP contribution in [0.4, 0.5) is 0 Å². The summed E-state index contributed by atoms with van der Waals surface area (Å²) in [6.07, 6.45) is 1.97. The Hall–Kier alpha value is -1.74. The predicted octanol–water partition coefficient (Wildman–Crippen LogP) is 4.53. The topological polar surface area (TPSA) is 29.1 Å². The first-order valence-corrected chi connectivity index (χ1v) is 8.99. The highest BCUT2D eigenvalue weighted by Crippen LogP contribution is 2.23. The van der Waals surface area contributed by atoms with E-state index in [1.165, 1.54) is 16.7 Å². The van der Waals surface area contributed by atoms with E-state index in [4.69, 9.17) is 0 Å². The van der Waals surface area contributed by atoms with Crippen LogP contribution in [0, 0.1) is 13.8 Å². The molecule has 122 valence electrons. The molecule has 0 spiro atoms. The number of aryl methyl sites for hydroxylation is 3. The molecule has 23 heavy (non-hydrogen) atoms. The molecular weight excluding hydrogens is 302 g/mol. The average Bonchev–Trinajstić information content (AvgIpc) is 2.55. The van der Waals surface area contributed by atoms with Crippen LogP contribution in [-0.4, -0.2) is 17.7 Å². The molecule has 1 atom stereocenters. The van der Waals surface area contributed by atoms with Crippen LogP contribution in [0.15, 0.2) is 53.4 Å². The van der Waals surface area contributed by atoms with E-state index in [0.29, 0.717) is 0 Å². The number of hydrogen-bond acceptors (Lipinski definition) is 2. The Bertz CT molecular complexity index is 619. The zero-order valence-corrected chi connectivity index (χ0v) is 15.0. The van der Waals surface area contributed by atoms with Gasteiger partial charge >= 0.3 is 0 Å². The molecule has 2 aromatic rings. The Morgan fingerprint density at radius 1 is 1.00 bits per heavy atom. The van der Waals surface area contributed by atoms with Crippen LogP contribution in [0.25, 0.3) is 0 Å². The molecule has 0 aliphatic heterocycles. The van der Waals surface area contributed by atoms with Crippen LogP contribution < -0.4 is 5.32 Å². The summed E-state index contributed by atoms with van der Waals surface area (Å²) in [4.78, 5) is 13.3. The van der Waals surface area contributed by atoms with Crippen LogP contribution in [0.1, 0.15) is 30.0 Å². The molecule has 0 radical (unpaired) electrons. The Morgan fingerprint density at radius 2 is 1.57 bits per heavy atom. The number of carbonyl (C=O) groups excluding carboxylic acids is 1. The van der Waals surface area contributed by atoms with Gasteiger partial charge in [0.2, 0.25) is 5.91 Å². The van der Waals surface area contributed by atoms with Crippen molar-refractivity contribution in [3.05, 3.63) is 65.2 Å². The lowest BCUT2D eigenvalue weighted by Crippen LogP contribution is -2.31. The SMILES string of the molecule is Cc1ccc(CCCNC(=O)[C@@H](C)Sc2ccc(C)cc2)cc1. The van der Waals surface area contributed by atoms with E-state index in [-0.39, 0.29) is 11.2 Å². The second-order valence-corrected chi connectivity index (χ2v) is 7.37. The lowest BCUT2D eigenvalue weighted by atomic mass is 10.1. The van der Waals surface area contributed by atoms with Gasteiger partial charge in [-0.05, 0) is 51.3 Å².